The number of fused-ring (bicyclic) bond motifs is 3. The Morgan fingerprint density at radius 2 is 1.80 bits per heavy atom. The fraction of sp³-hybridized carbons (Fsp3) is 0.632. The largest absolute Gasteiger partial charge is 0.294 e. The van der Waals surface area contributed by atoms with Gasteiger partial charge in [-0.3, -0.25) is 4.79 Å². The van der Waals surface area contributed by atoms with Crippen molar-refractivity contribution in [2.75, 3.05) is 0 Å². The van der Waals surface area contributed by atoms with Crippen molar-refractivity contribution in [2.45, 2.75) is 77.6 Å². The summed E-state index contributed by atoms with van der Waals surface area (Å²) >= 11 is 0. The van der Waals surface area contributed by atoms with E-state index in [9.17, 15) is 4.79 Å². The first-order valence-electron chi connectivity index (χ1n) is 7.87. The first-order valence-corrected chi connectivity index (χ1v) is 7.87. The van der Waals surface area contributed by atoms with Crippen LogP contribution in [0.2, 0.25) is 0 Å². The fourth-order valence-electron chi connectivity index (χ4n) is 4.90. The van der Waals surface area contributed by atoms with E-state index in [1.54, 1.807) is 0 Å². The number of aryl methyl sites for hydroxylation is 1. The summed E-state index contributed by atoms with van der Waals surface area (Å²) in [6.07, 6.45) is 2.86. The molecule has 0 bridgehead atoms. The normalized spacial score (nSPS) is 26.3. The summed E-state index contributed by atoms with van der Waals surface area (Å²) < 4.78 is 0. The SMILES string of the molecule is Cc1cc2c(c3c1[C@H](C)CCC3=O)C(C)(C)CC2(C)C. The number of Topliss-reactive ketones (excluding diaryl/α,β-unsaturated/α-hetero) is 1. The zero-order valence-electron chi connectivity index (χ0n) is 13.7. The Bertz CT molecular complexity index is 605. The monoisotopic (exact) mass is 270 g/mol. The van der Waals surface area contributed by atoms with Crippen molar-refractivity contribution in [2.24, 2.45) is 0 Å². The summed E-state index contributed by atoms with van der Waals surface area (Å²) in [4.78, 5) is 12.6. The standard InChI is InChI=1S/C19H26O/c1-11-7-8-14(20)16-15(11)12(2)9-13-17(16)19(5,6)10-18(13,3)4/h9,11H,7-8,10H2,1-6H3/t11-/m1/s1. The molecule has 3 rings (SSSR count). The predicted molar refractivity (Wildman–Crippen MR) is 83.8 cm³/mol. The van der Waals surface area contributed by atoms with E-state index in [4.69, 9.17) is 0 Å². The van der Waals surface area contributed by atoms with Crippen molar-refractivity contribution in [1.29, 1.82) is 0 Å². The third kappa shape index (κ3) is 1.71. The maximum Gasteiger partial charge on any atom is 0.163 e. The van der Waals surface area contributed by atoms with Crippen LogP contribution in [0.3, 0.4) is 0 Å². The van der Waals surface area contributed by atoms with Crippen LogP contribution in [0.25, 0.3) is 0 Å². The van der Waals surface area contributed by atoms with Gasteiger partial charge < -0.3 is 0 Å². The van der Waals surface area contributed by atoms with E-state index in [0.29, 0.717) is 11.7 Å². The molecular formula is C19H26O. The molecule has 108 valence electrons. The Labute approximate surface area is 122 Å². The molecular weight excluding hydrogens is 244 g/mol. The molecule has 0 unspecified atom stereocenters. The zero-order valence-corrected chi connectivity index (χ0v) is 13.7. The first kappa shape index (κ1) is 13.9. The van der Waals surface area contributed by atoms with E-state index in [1.807, 2.05) is 0 Å². The zero-order chi connectivity index (χ0) is 14.9. The molecule has 1 aromatic rings. The van der Waals surface area contributed by atoms with Crippen molar-refractivity contribution in [1.82, 2.24) is 0 Å². The van der Waals surface area contributed by atoms with Gasteiger partial charge in [-0.2, -0.15) is 0 Å². The Balaban J connectivity index is 2.41. The second kappa shape index (κ2) is 3.96. The summed E-state index contributed by atoms with van der Waals surface area (Å²) in [5.74, 6) is 0.899. The lowest BCUT2D eigenvalue weighted by molar-refractivity contribution is 0.0965. The van der Waals surface area contributed by atoms with Crippen LogP contribution in [-0.2, 0) is 10.8 Å². The lowest BCUT2D eigenvalue weighted by atomic mass is 9.73. The van der Waals surface area contributed by atoms with Gasteiger partial charge in [-0.15, -0.1) is 0 Å². The van der Waals surface area contributed by atoms with Crippen molar-refractivity contribution in [3.8, 4) is 0 Å². The third-order valence-corrected chi connectivity index (χ3v) is 5.44. The first-order chi connectivity index (χ1) is 9.15. The molecule has 2 aliphatic rings. The highest BCUT2D eigenvalue weighted by atomic mass is 16.1. The highest BCUT2D eigenvalue weighted by Crippen LogP contribution is 2.53. The number of carbonyl (C=O) groups is 1. The van der Waals surface area contributed by atoms with Gasteiger partial charge in [0, 0.05) is 12.0 Å². The Kier molecular flexibility index (Phi) is 2.74. The summed E-state index contributed by atoms with van der Waals surface area (Å²) in [7, 11) is 0. The second-order valence-corrected chi connectivity index (χ2v) is 8.21. The van der Waals surface area contributed by atoms with Crippen LogP contribution in [0.1, 0.15) is 92.4 Å². The molecule has 0 fully saturated rings. The number of rotatable bonds is 0. The van der Waals surface area contributed by atoms with E-state index in [2.05, 4.69) is 47.6 Å². The molecule has 1 heteroatoms. The van der Waals surface area contributed by atoms with Crippen molar-refractivity contribution in [3.63, 3.8) is 0 Å². The maximum atomic E-state index is 12.6. The molecule has 0 N–H and O–H groups in total. The highest BCUT2D eigenvalue weighted by molar-refractivity contribution is 6.01. The molecule has 1 atom stereocenters. The molecule has 1 nitrogen and oxygen atoms in total. The maximum absolute atomic E-state index is 12.6. The smallest absolute Gasteiger partial charge is 0.163 e. The third-order valence-electron chi connectivity index (χ3n) is 5.44. The van der Waals surface area contributed by atoms with Crippen LogP contribution in [0.4, 0.5) is 0 Å². The van der Waals surface area contributed by atoms with Gasteiger partial charge in [0.05, 0.1) is 0 Å². The molecule has 20 heavy (non-hydrogen) atoms. The molecule has 0 saturated carbocycles. The molecule has 0 aromatic heterocycles. The molecule has 0 saturated heterocycles. The summed E-state index contributed by atoms with van der Waals surface area (Å²) in [6.45, 7) is 13.7. The summed E-state index contributed by atoms with van der Waals surface area (Å²) in [5, 5.41) is 0. The molecule has 0 radical (unpaired) electrons. The van der Waals surface area contributed by atoms with Crippen LogP contribution in [0.15, 0.2) is 6.07 Å². The number of hydrogen-bond acceptors (Lipinski definition) is 1. The fourth-order valence-corrected chi connectivity index (χ4v) is 4.90. The molecule has 0 amide bonds. The van der Waals surface area contributed by atoms with Crippen molar-refractivity contribution < 1.29 is 4.79 Å². The highest BCUT2D eigenvalue weighted by Gasteiger charge is 2.46. The molecule has 0 heterocycles. The number of ketones is 1. The van der Waals surface area contributed by atoms with Crippen LogP contribution >= 0.6 is 0 Å². The second-order valence-electron chi connectivity index (χ2n) is 8.21. The topological polar surface area (TPSA) is 17.1 Å². The Morgan fingerprint density at radius 1 is 1.15 bits per heavy atom. The van der Waals surface area contributed by atoms with Gasteiger partial charge in [0.25, 0.3) is 0 Å². The number of carbonyl (C=O) groups excluding carboxylic acids is 1. The average Bonchev–Trinajstić information content (AvgIpc) is 2.49. The van der Waals surface area contributed by atoms with E-state index in [0.717, 1.165) is 24.8 Å². The van der Waals surface area contributed by atoms with Gasteiger partial charge in [-0.05, 0) is 58.8 Å². The van der Waals surface area contributed by atoms with E-state index < -0.39 is 0 Å². The molecule has 0 spiro atoms. The summed E-state index contributed by atoms with van der Waals surface area (Å²) in [6, 6.07) is 2.37. The minimum Gasteiger partial charge on any atom is -0.294 e. The van der Waals surface area contributed by atoms with Crippen molar-refractivity contribution >= 4 is 5.78 Å². The average molecular weight is 270 g/mol. The van der Waals surface area contributed by atoms with Crippen LogP contribution < -0.4 is 0 Å². The van der Waals surface area contributed by atoms with Gasteiger partial charge in [-0.25, -0.2) is 0 Å². The molecule has 2 aliphatic carbocycles. The summed E-state index contributed by atoms with van der Waals surface area (Å²) in [5.41, 5.74) is 6.83. The number of benzene rings is 1. The Morgan fingerprint density at radius 3 is 2.45 bits per heavy atom. The van der Waals surface area contributed by atoms with Gasteiger partial charge in [0.2, 0.25) is 0 Å². The predicted octanol–water partition coefficient (Wildman–Crippen LogP) is 5.03. The minimum atomic E-state index is 0.114. The van der Waals surface area contributed by atoms with Gasteiger partial charge in [-0.1, -0.05) is 40.7 Å². The van der Waals surface area contributed by atoms with Crippen LogP contribution in [0.5, 0.6) is 0 Å². The van der Waals surface area contributed by atoms with Gasteiger partial charge >= 0.3 is 0 Å². The quantitative estimate of drug-likeness (QED) is 0.646. The lowest BCUT2D eigenvalue weighted by Crippen LogP contribution is -2.23. The van der Waals surface area contributed by atoms with Gasteiger partial charge in [0.15, 0.2) is 5.78 Å². The van der Waals surface area contributed by atoms with Gasteiger partial charge in [0.1, 0.15) is 0 Å². The Hall–Kier alpha value is -1.11. The lowest BCUT2D eigenvalue weighted by Gasteiger charge is -2.30. The van der Waals surface area contributed by atoms with E-state index >= 15 is 0 Å². The molecule has 0 aliphatic heterocycles. The van der Waals surface area contributed by atoms with E-state index in [-0.39, 0.29) is 10.8 Å². The minimum absolute atomic E-state index is 0.114. The number of hydrogen-bond donors (Lipinski definition) is 0. The van der Waals surface area contributed by atoms with Crippen LogP contribution in [0, 0.1) is 6.92 Å². The van der Waals surface area contributed by atoms with Crippen molar-refractivity contribution in [3.05, 3.63) is 33.9 Å². The van der Waals surface area contributed by atoms with Crippen LogP contribution in [-0.4, -0.2) is 5.78 Å². The molecule has 1 aromatic carbocycles. The van der Waals surface area contributed by atoms with E-state index in [1.165, 1.54) is 22.3 Å².